The van der Waals surface area contributed by atoms with Crippen molar-refractivity contribution in [1.82, 2.24) is 4.31 Å². The minimum atomic E-state index is -3.86. The van der Waals surface area contributed by atoms with Gasteiger partial charge in [-0.3, -0.25) is 0 Å². The van der Waals surface area contributed by atoms with Crippen molar-refractivity contribution in [2.45, 2.75) is 38.1 Å². The van der Waals surface area contributed by atoms with Crippen LogP contribution in [0.5, 0.6) is 0 Å². The lowest BCUT2D eigenvalue weighted by Gasteiger charge is -2.26. The summed E-state index contributed by atoms with van der Waals surface area (Å²) in [6, 6.07) is 3.60. The second kappa shape index (κ2) is 6.23. The molecule has 6 nitrogen and oxygen atoms in total. The fourth-order valence-corrected chi connectivity index (χ4v) is 3.87. The van der Waals surface area contributed by atoms with Gasteiger partial charge in [0, 0.05) is 18.3 Å². The number of rotatable bonds is 6. The molecule has 0 radical (unpaired) electrons. The molecule has 3 N–H and O–H groups in total. The van der Waals surface area contributed by atoms with Crippen LogP contribution >= 0.6 is 0 Å². The molecular formula is C13H20N2O4S. The van der Waals surface area contributed by atoms with Crippen LogP contribution in [0.25, 0.3) is 0 Å². The lowest BCUT2D eigenvalue weighted by atomic mass is 10.2. The maximum Gasteiger partial charge on any atom is 0.337 e. The summed E-state index contributed by atoms with van der Waals surface area (Å²) in [6.07, 6.45) is 0.643. The number of hydrogen-bond acceptors (Lipinski definition) is 4. The van der Waals surface area contributed by atoms with Gasteiger partial charge in [0.05, 0.1) is 10.5 Å². The van der Waals surface area contributed by atoms with Gasteiger partial charge in [0.2, 0.25) is 10.0 Å². The highest BCUT2D eigenvalue weighted by Crippen LogP contribution is 2.24. The van der Waals surface area contributed by atoms with Crippen LogP contribution in [0.15, 0.2) is 23.1 Å². The van der Waals surface area contributed by atoms with E-state index in [9.17, 15) is 13.2 Å². The topological polar surface area (TPSA) is 101 Å². The summed E-state index contributed by atoms with van der Waals surface area (Å²) in [7, 11) is -3.86. The van der Waals surface area contributed by atoms with E-state index in [4.69, 9.17) is 10.8 Å². The van der Waals surface area contributed by atoms with Gasteiger partial charge in [-0.2, -0.15) is 4.31 Å². The predicted octanol–water partition coefficient (Wildman–Crippen LogP) is 1.78. The van der Waals surface area contributed by atoms with Gasteiger partial charge in [0.25, 0.3) is 0 Å². The van der Waals surface area contributed by atoms with Gasteiger partial charge in [-0.05, 0) is 31.5 Å². The zero-order valence-corrected chi connectivity index (χ0v) is 12.6. The van der Waals surface area contributed by atoms with Gasteiger partial charge in [0.15, 0.2) is 0 Å². The highest BCUT2D eigenvalue weighted by atomic mass is 32.2. The zero-order valence-electron chi connectivity index (χ0n) is 11.8. The molecule has 0 aliphatic heterocycles. The number of nitrogens with zero attached hydrogens (tertiary/aromatic N) is 1. The number of hydrogen-bond donors (Lipinski definition) is 2. The molecule has 1 aromatic carbocycles. The molecular weight excluding hydrogens is 280 g/mol. The zero-order chi connectivity index (χ0) is 15.5. The molecule has 0 fully saturated rings. The second-order valence-electron chi connectivity index (χ2n) is 4.53. The van der Waals surface area contributed by atoms with E-state index in [1.807, 2.05) is 6.92 Å². The van der Waals surface area contributed by atoms with Crippen LogP contribution in [0.1, 0.15) is 37.6 Å². The summed E-state index contributed by atoms with van der Waals surface area (Å²) in [4.78, 5) is 11.0. The molecule has 0 saturated carbocycles. The Hall–Kier alpha value is -1.60. The van der Waals surface area contributed by atoms with Gasteiger partial charge in [0.1, 0.15) is 0 Å². The second-order valence-corrected chi connectivity index (χ2v) is 6.39. The van der Waals surface area contributed by atoms with Gasteiger partial charge in [-0.1, -0.05) is 13.8 Å². The molecule has 20 heavy (non-hydrogen) atoms. The number of sulfonamides is 1. The first-order valence-corrected chi connectivity index (χ1v) is 7.84. The summed E-state index contributed by atoms with van der Waals surface area (Å²) in [5, 5.41) is 9.17. The molecule has 112 valence electrons. The third-order valence-corrected chi connectivity index (χ3v) is 5.36. The third kappa shape index (κ3) is 3.10. The van der Waals surface area contributed by atoms with Gasteiger partial charge in [-0.15, -0.1) is 0 Å². The molecule has 1 atom stereocenters. The summed E-state index contributed by atoms with van der Waals surface area (Å²) >= 11 is 0. The lowest BCUT2D eigenvalue weighted by Crippen LogP contribution is -2.38. The summed E-state index contributed by atoms with van der Waals surface area (Å²) in [5.74, 6) is -1.31. The molecule has 0 amide bonds. The molecule has 0 aromatic heterocycles. The molecule has 7 heteroatoms. The van der Waals surface area contributed by atoms with E-state index in [-0.39, 0.29) is 28.7 Å². The first-order chi connectivity index (χ1) is 9.25. The first kappa shape index (κ1) is 16.5. The van der Waals surface area contributed by atoms with E-state index in [2.05, 4.69) is 0 Å². The first-order valence-electron chi connectivity index (χ1n) is 6.40. The minimum absolute atomic E-state index is 0.204. The number of benzene rings is 1. The Morgan fingerprint density at radius 3 is 2.45 bits per heavy atom. The Bertz CT molecular complexity index is 598. The Balaban J connectivity index is 3.45. The Labute approximate surface area is 119 Å². The highest BCUT2D eigenvalue weighted by Gasteiger charge is 2.30. The van der Waals surface area contributed by atoms with Crippen molar-refractivity contribution in [3.63, 3.8) is 0 Å². The fourth-order valence-electron chi connectivity index (χ4n) is 1.99. The maximum absolute atomic E-state index is 12.6. The molecule has 0 bridgehead atoms. The largest absolute Gasteiger partial charge is 0.478 e. The minimum Gasteiger partial charge on any atom is -0.478 e. The van der Waals surface area contributed by atoms with Crippen molar-refractivity contribution in [2.75, 3.05) is 12.3 Å². The van der Waals surface area contributed by atoms with E-state index in [0.717, 1.165) is 0 Å². The summed E-state index contributed by atoms with van der Waals surface area (Å²) in [5.41, 5.74) is 5.45. The molecule has 1 aromatic rings. The van der Waals surface area contributed by atoms with Gasteiger partial charge in [-0.25, -0.2) is 13.2 Å². The average molecular weight is 300 g/mol. The summed E-state index contributed by atoms with van der Waals surface area (Å²) < 4.78 is 26.5. The number of nitrogens with two attached hydrogens (primary N) is 1. The van der Waals surface area contributed by atoms with E-state index in [1.165, 1.54) is 22.5 Å². The number of nitrogen functional groups attached to an aromatic ring is 1. The standard InChI is InChI=1S/C13H20N2O4S/c1-4-9(3)15(5-2)20(18,19)12-7-6-10(14)8-11(12)13(16)17/h6-9H,4-5,14H2,1-3H3,(H,16,17). The third-order valence-electron chi connectivity index (χ3n) is 3.21. The number of carboxylic acid groups (broad SMARTS) is 1. The fraction of sp³-hybridized carbons (Fsp3) is 0.462. The van der Waals surface area contributed by atoms with Crippen molar-refractivity contribution in [2.24, 2.45) is 0 Å². The Kier molecular flexibility index (Phi) is 5.13. The van der Waals surface area contributed by atoms with Crippen LogP contribution in [-0.2, 0) is 10.0 Å². The van der Waals surface area contributed by atoms with Crippen LogP contribution in [0, 0.1) is 0 Å². The van der Waals surface area contributed by atoms with Crippen LogP contribution in [-0.4, -0.2) is 36.4 Å². The normalized spacial score (nSPS) is 13.4. The lowest BCUT2D eigenvalue weighted by molar-refractivity contribution is 0.0692. The smallest absolute Gasteiger partial charge is 0.337 e. The van der Waals surface area contributed by atoms with E-state index in [1.54, 1.807) is 13.8 Å². The summed E-state index contributed by atoms with van der Waals surface area (Å²) in [6.45, 7) is 5.67. The van der Waals surface area contributed by atoms with Crippen molar-refractivity contribution in [3.8, 4) is 0 Å². The molecule has 0 saturated heterocycles. The molecule has 0 aliphatic rings. The van der Waals surface area contributed by atoms with Gasteiger partial charge < -0.3 is 10.8 Å². The van der Waals surface area contributed by atoms with Crippen molar-refractivity contribution < 1.29 is 18.3 Å². The number of anilines is 1. The van der Waals surface area contributed by atoms with Crippen molar-refractivity contribution in [3.05, 3.63) is 23.8 Å². The molecule has 1 rings (SSSR count). The van der Waals surface area contributed by atoms with E-state index in [0.29, 0.717) is 6.42 Å². The van der Waals surface area contributed by atoms with Crippen LogP contribution in [0.3, 0.4) is 0 Å². The van der Waals surface area contributed by atoms with Crippen LogP contribution in [0.4, 0.5) is 5.69 Å². The van der Waals surface area contributed by atoms with E-state index < -0.39 is 16.0 Å². The van der Waals surface area contributed by atoms with Gasteiger partial charge >= 0.3 is 5.97 Å². The number of carboxylic acids is 1. The molecule has 0 aliphatic carbocycles. The molecule has 0 spiro atoms. The molecule has 1 unspecified atom stereocenters. The molecule has 0 heterocycles. The SMILES string of the molecule is CCC(C)N(CC)S(=O)(=O)c1ccc(N)cc1C(=O)O. The van der Waals surface area contributed by atoms with Crippen molar-refractivity contribution in [1.29, 1.82) is 0 Å². The Morgan fingerprint density at radius 1 is 1.40 bits per heavy atom. The van der Waals surface area contributed by atoms with Crippen LogP contribution in [0.2, 0.25) is 0 Å². The number of carbonyl (C=O) groups is 1. The van der Waals surface area contributed by atoms with Crippen molar-refractivity contribution >= 4 is 21.7 Å². The highest BCUT2D eigenvalue weighted by molar-refractivity contribution is 7.89. The average Bonchev–Trinajstić information content (AvgIpc) is 2.38. The number of aromatic carboxylic acids is 1. The van der Waals surface area contributed by atoms with E-state index >= 15 is 0 Å². The van der Waals surface area contributed by atoms with Crippen LogP contribution < -0.4 is 5.73 Å². The quantitative estimate of drug-likeness (QED) is 0.780. The predicted molar refractivity (Wildman–Crippen MR) is 77.1 cm³/mol. The monoisotopic (exact) mass is 300 g/mol. The Morgan fingerprint density at radius 2 is 2.00 bits per heavy atom. The maximum atomic E-state index is 12.6.